The number of nitrogens with zero attached hydrogens (tertiary/aromatic N) is 1. The molecular weight excluding hydrogens is 166 g/mol. The molecule has 0 rings (SSSR count). The van der Waals surface area contributed by atoms with E-state index >= 15 is 0 Å². The normalized spacial score (nSPS) is 9.31. The Hall–Kier alpha value is -1.01. The van der Waals surface area contributed by atoms with Gasteiger partial charge in [-0.2, -0.15) is 0 Å². The predicted octanol–water partition coefficient (Wildman–Crippen LogP) is 0.629. The quantitative estimate of drug-likeness (QED) is 0.649. The van der Waals surface area contributed by atoms with Crippen molar-refractivity contribution in [1.29, 1.82) is 0 Å². The summed E-state index contributed by atoms with van der Waals surface area (Å²) in [7, 11) is 0. The highest BCUT2D eigenvalue weighted by Gasteiger charge is 2.13. The molecule has 0 aliphatic heterocycles. The molecule has 0 radical (unpaired) electrons. The first-order valence-electron chi connectivity index (χ1n) is 4.47. The molecule has 0 aromatic carbocycles. The van der Waals surface area contributed by atoms with Gasteiger partial charge in [0.15, 0.2) is 0 Å². The number of hydrogen-bond acceptors (Lipinski definition) is 2. The molecule has 0 aromatic heterocycles. The molecule has 0 aromatic rings. The maximum absolute atomic E-state index is 11.4. The molecule has 0 heterocycles. The van der Waals surface area contributed by atoms with Crippen molar-refractivity contribution in [1.82, 2.24) is 4.90 Å². The third kappa shape index (κ3) is 4.54. The van der Waals surface area contributed by atoms with Crippen LogP contribution in [0.15, 0.2) is 0 Å². The Bertz CT molecular complexity index is 213. The fraction of sp³-hybridized carbons (Fsp3) is 0.700. The van der Waals surface area contributed by atoms with Crippen molar-refractivity contribution in [3.8, 4) is 11.8 Å². The Morgan fingerprint density at radius 1 is 1.54 bits per heavy atom. The molecule has 0 bridgehead atoms. The summed E-state index contributed by atoms with van der Waals surface area (Å²) in [6.45, 7) is 6.19. The van der Waals surface area contributed by atoms with Crippen LogP contribution in [0.1, 0.15) is 27.2 Å². The minimum absolute atomic E-state index is 0.107. The van der Waals surface area contributed by atoms with Crippen LogP contribution in [0, 0.1) is 11.8 Å². The predicted molar refractivity (Wildman–Crippen MR) is 52.0 cm³/mol. The summed E-state index contributed by atoms with van der Waals surface area (Å²) in [5.74, 6) is 4.91. The van der Waals surface area contributed by atoms with Crippen molar-refractivity contribution in [2.45, 2.75) is 33.2 Å². The van der Waals surface area contributed by atoms with E-state index in [1.54, 1.807) is 11.8 Å². The van der Waals surface area contributed by atoms with E-state index < -0.39 is 0 Å². The van der Waals surface area contributed by atoms with Crippen LogP contribution in [0.2, 0.25) is 0 Å². The molecule has 0 spiro atoms. The monoisotopic (exact) mass is 183 g/mol. The molecule has 0 fully saturated rings. The van der Waals surface area contributed by atoms with Crippen molar-refractivity contribution in [3.05, 3.63) is 0 Å². The minimum atomic E-state index is -0.161. The van der Waals surface area contributed by atoms with E-state index in [1.165, 1.54) is 0 Å². The Kier molecular flexibility index (Phi) is 5.99. The van der Waals surface area contributed by atoms with Crippen molar-refractivity contribution in [2.75, 3.05) is 13.2 Å². The Balaban J connectivity index is 4.21. The summed E-state index contributed by atoms with van der Waals surface area (Å²) in [6.07, 6.45) is 0.606. The second-order valence-corrected chi connectivity index (χ2v) is 3.04. The van der Waals surface area contributed by atoms with Gasteiger partial charge in [0.2, 0.25) is 0 Å². The number of carbonyl (C=O) groups excluding carboxylic acids is 1. The highest BCUT2D eigenvalue weighted by Crippen LogP contribution is 1.99. The molecule has 0 saturated heterocycles. The number of aliphatic hydroxyl groups excluding tert-OH is 1. The van der Waals surface area contributed by atoms with E-state index in [-0.39, 0.29) is 18.6 Å². The zero-order valence-corrected chi connectivity index (χ0v) is 8.50. The summed E-state index contributed by atoms with van der Waals surface area (Å²) >= 11 is 0. The van der Waals surface area contributed by atoms with Gasteiger partial charge in [0.1, 0.15) is 0 Å². The first-order chi connectivity index (χ1) is 6.13. The van der Waals surface area contributed by atoms with E-state index in [1.807, 2.05) is 13.8 Å². The lowest BCUT2D eigenvalue weighted by molar-refractivity contribution is -0.126. The van der Waals surface area contributed by atoms with Crippen LogP contribution in [0.25, 0.3) is 0 Å². The van der Waals surface area contributed by atoms with Gasteiger partial charge in [-0.05, 0) is 33.1 Å². The first-order valence-corrected chi connectivity index (χ1v) is 4.47. The van der Waals surface area contributed by atoms with Gasteiger partial charge < -0.3 is 10.0 Å². The number of aliphatic hydroxyl groups is 1. The zero-order chi connectivity index (χ0) is 10.3. The number of amides is 1. The summed E-state index contributed by atoms with van der Waals surface area (Å²) in [5, 5.41) is 8.63. The molecule has 13 heavy (non-hydrogen) atoms. The number of carbonyl (C=O) groups is 1. The average molecular weight is 183 g/mol. The fourth-order valence-corrected chi connectivity index (χ4v) is 1.01. The lowest BCUT2D eigenvalue weighted by atomic mass is 10.3. The third-order valence-electron chi connectivity index (χ3n) is 1.67. The first kappa shape index (κ1) is 12.0. The van der Waals surface area contributed by atoms with Gasteiger partial charge in [0, 0.05) is 19.2 Å². The van der Waals surface area contributed by atoms with E-state index in [4.69, 9.17) is 5.11 Å². The number of hydrogen-bond donors (Lipinski definition) is 1. The maximum atomic E-state index is 11.4. The Morgan fingerprint density at radius 3 is 2.54 bits per heavy atom. The van der Waals surface area contributed by atoms with Crippen LogP contribution >= 0.6 is 0 Å². The molecule has 1 N–H and O–H groups in total. The van der Waals surface area contributed by atoms with Crippen molar-refractivity contribution in [3.63, 3.8) is 0 Å². The van der Waals surface area contributed by atoms with E-state index in [9.17, 15) is 4.79 Å². The van der Waals surface area contributed by atoms with E-state index in [0.29, 0.717) is 13.0 Å². The lowest BCUT2D eigenvalue weighted by Crippen LogP contribution is -2.37. The molecule has 3 nitrogen and oxygen atoms in total. The molecule has 3 heteroatoms. The molecule has 74 valence electrons. The van der Waals surface area contributed by atoms with Crippen molar-refractivity contribution >= 4 is 5.91 Å². The summed E-state index contributed by atoms with van der Waals surface area (Å²) in [6, 6.07) is 0.139. The summed E-state index contributed by atoms with van der Waals surface area (Å²) in [4.78, 5) is 13.0. The Morgan fingerprint density at radius 2 is 2.15 bits per heavy atom. The molecule has 0 atom stereocenters. The fourth-order valence-electron chi connectivity index (χ4n) is 1.01. The molecule has 1 amide bonds. The van der Waals surface area contributed by atoms with E-state index in [0.717, 1.165) is 0 Å². The van der Waals surface area contributed by atoms with Gasteiger partial charge in [-0.25, -0.2) is 0 Å². The van der Waals surface area contributed by atoms with Crippen LogP contribution in [0.4, 0.5) is 0 Å². The van der Waals surface area contributed by atoms with Gasteiger partial charge in [0.05, 0.1) is 0 Å². The molecule has 0 aliphatic rings. The SMILES string of the molecule is CC#CC(=O)N(CCCO)C(C)C. The van der Waals surface area contributed by atoms with Crippen LogP contribution in [0.5, 0.6) is 0 Å². The lowest BCUT2D eigenvalue weighted by Gasteiger charge is -2.23. The van der Waals surface area contributed by atoms with Crippen LogP contribution in [-0.2, 0) is 4.79 Å². The van der Waals surface area contributed by atoms with Gasteiger partial charge in [0.25, 0.3) is 5.91 Å². The highest BCUT2D eigenvalue weighted by atomic mass is 16.3. The molecule has 0 saturated carbocycles. The molecular formula is C10H17NO2. The summed E-state index contributed by atoms with van der Waals surface area (Å²) < 4.78 is 0. The molecule has 0 unspecified atom stereocenters. The van der Waals surface area contributed by atoms with Crippen LogP contribution in [-0.4, -0.2) is 35.1 Å². The Labute approximate surface area is 79.7 Å². The zero-order valence-electron chi connectivity index (χ0n) is 8.50. The average Bonchev–Trinajstić information content (AvgIpc) is 2.05. The molecule has 0 aliphatic carbocycles. The van der Waals surface area contributed by atoms with Crippen molar-refractivity contribution < 1.29 is 9.90 Å². The van der Waals surface area contributed by atoms with Crippen LogP contribution < -0.4 is 0 Å². The van der Waals surface area contributed by atoms with Gasteiger partial charge in [-0.1, -0.05) is 5.92 Å². The van der Waals surface area contributed by atoms with Crippen molar-refractivity contribution in [2.24, 2.45) is 0 Å². The van der Waals surface area contributed by atoms with E-state index in [2.05, 4.69) is 11.8 Å². The largest absolute Gasteiger partial charge is 0.396 e. The van der Waals surface area contributed by atoms with Gasteiger partial charge in [-0.3, -0.25) is 4.79 Å². The smallest absolute Gasteiger partial charge is 0.298 e. The van der Waals surface area contributed by atoms with Gasteiger partial charge in [-0.15, -0.1) is 0 Å². The van der Waals surface area contributed by atoms with Gasteiger partial charge >= 0.3 is 0 Å². The third-order valence-corrected chi connectivity index (χ3v) is 1.67. The second-order valence-electron chi connectivity index (χ2n) is 3.04. The van der Waals surface area contributed by atoms with Crippen LogP contribution in [0.3, 0.4) is 0 Å². The maximum Gasteiger partial charge on any atom is 0.298 e. The summed E-state index contributed by atoms with van der Waals surface area (Å²) in [5.41, 5.74) is 0. The highest BCUT2D eigenvalue weighted by molar-refractivity contribution is 5.93. The minimum Gasteiger partial charge on any atom is -0.396 e. The topological polar surface area (TPSA) is 40.5 Å². The second kappa shape index (κ2) is 6.50. The standard InChI is InChI=1S/C10H17NO2/c1-4-6-10(13)11(9(2)3)7-5-8-12/h9,12H,5,7-8H2,1-3H3. The number of rotatable bonds is 4.